The van der Waals surface area contributed by atoms with E-state index in [1.807, 2.05) is 37.3 Å². The monoisotopic (exact) mass is 306 g/mol. The number of hydrogen-bond acceptors (Lipinski definition) is 3. The molecule has 1 aliphatic carbocycles. The van der Waals surface area contributed by atoms with Crippen molar-refractivity contribution in [2.24, 2.45) is 0 Å². The van der Waals surface area contributed by atoms with Gasteiger partial charge in [-0.3, -0.25) is 0 Å². The van der Waals surface area contributed by atoms with Crippen molar-refractivity contribution < 1.29 is 14.6 Å². The lowest BCUT2D eigenvalue weighted by molar-refractivity contribution is 0.0636. The molecule has 5 nitrogen and oxygen atoms in total. The Balaban J connectivity index is 1.78. The molecule has 0 bridgehead atoms. The maximum atomic E-state index is 12.0. The number of carbonyl (C=O) groups is 1. The molecule has 2 amide bonds. The molecule has 0 spiro atoms. The van der Waals surface area contributed by atoms with Crippen molar-refractivity contribution in [2.45, 2.75) is 50.9 Å². The molecule has 1 saturated carbocycles. The van der Waals surface area contributed by atoms with Gasteiger partial charge >= 0.3 is 6.03 Å². The molecule has 1 fully saturated rings. The van der Waals surface area contributed by atoms with Gasteiger partial charge in [-0.05, 0) is 38.2 Å². The maximum Gasteiger partial charge on any atom is 0.315 e. The minimum Gasteiger partial charge on any atom is -0.393 e. The zero-order chi connectivity index (χ0) is 15.8. The van der Waals surface area contributed by atoms with Crippen LogP contribution in [0.3, 0.4) is 0 Å². The second-order valence-electron chi connectivity index (χ2n) is 5.71. The van der Waals surface area contributed by atoms with Gasteiger partial charge in [0.15, 0.2) is 0 Å². The predicted molar refractivity (Wildman–Crippen MR) is 85.6 cm³/mol. The highest BCUT2D eigenvalue weighted by Gasteiger charge is 2.21. The van der Waals surface area contributed by atoms with E-state index in [0.717, 1.165) is 31.2 Å². The van der Waals surface area contributed by atoms with E-state index in [2.05, 4.69) is 10.6 Å². The Kier molecular flexibility index (Phi) is 6.68. The summed E-state index contributed by atoms with van der Waals surface area (Å²) in [4.78, 5) is 12.0. The molecule has 0 aromatic heterocycles. The van der Waals surface area contributed by atoms with E-state index in [9.17, 15) is 9.90 Å². The summed E-state index contributed by atoms with van der Waals surface area (Å²) < 4.78 is 5.71. The van der Waals surface area contributed by atoms with E-state index in [1.165, 1.54) is 0 Å². The number of aliphatic hydroxyl groups excluding tert-OH is 1. The molecule has 1 atom stereocenters. The number of ether oxygens (including phenoxy) is 1. The fourth-order valence-corrected chi connectivity index (χ4v) is 2.78. The molecule has 0 heterocycles. The number of rotatable bonds is 6. The van der Waals surface area contributed by atoms with Crippen molar-refractivity contribution in [2.75, 3.05) is 13.2 Å². The topological polar surface area (TPSA) is 70.6 Å². The molecule has 3 N–H and O–H groups in total. The molecule has 0 radical (unpaired) electrons. The molecule has 122 valence electrons. The van der Waals surface area contributed by atoms with Crippen molar-refractivity contribution in [1.82, 2.24) is 10.6 Å². The highest BCUT2D eigenvalue weighted by atomic mass is 16.5. The largest absolute Gasteiger partial charge is 0.393 e. The first-order valence-electron chi connectivity index (χ1n) is 8.08. The van der Waals surface area contributed by atoms with Crippen LogP contribution in [-0.4, -0.2) is 36.4 Å². The first-order chi connectivity index (χ1) is 10.7. The zero-order valence-electron chi connectivity index (χ0n) is 13.1. The molecule has 1 aromatic rings. The van der Waals surface area contributed by atoms with E-state index in [4.69, 9.17) is 4.74 Å². The van der Waals surface area contributed by atoms with Gasteiger partial charge in [-0.1, -0.05) is 30.3 Å². The standard InChI is InChI=1S/C17H26N2O3/c1-2-22-16(13-6-4-3-5-7-13)12-18-17(21)19-14-8-10-15(20)11-9-14/h3-7,14-16,20H,2,8-12H2,1H3,(H2,18,19,21). The Morgan fingerprint density at radius 2 is 1.95 bits per heavy atom. The van der Waals surface area contributed by atoms with Gasteiger partial charge in [-0.25, -0.2) is 4.79 Å². The molecule has 0 aliphatic heterocycles. The summed E-state index contributed by atoms with van der Waals surface area (Å²) >= 11 is 0. The first kappa shape index (κ1) is 16.8. The number of aliphatic hydroxyl groups is 1. The van der Waals surface area contributed by atoms with Crippen LogP contribution in [0, 0.1) is 0 Å². The molecular formula is C17H26N2O3. The fraction of sp³-hybridized carbons (Fsp3) is 0.588. The number of nitrogens with one attached hydrogen (secondary N) is 2. The number of benzene rings is 1. The molecule has 22 heavy (non-hydrogen) atoms. The maximum absolute atomic E-state index is 12.0. The minimum absolute atomic E-state index is 0.134. The lowest BCUT2D eigenvalue weighted by Crippen LogP contribution is -2.45. The fourth-order valence-electron chi connectivity index (χ4n) is 2.78. The average Bonchev–Trinajstić information content (AvgIpc) is 2.54. The van der Waals surface area contributed by atoms with Crippen molar-refractivity contribution in [3.05, 3.63) is 35.9 Å². The van der Waals surface area contributed by atoms with E-state index < -0.39 is 0 Å². The number of carbonyl (C=O) groups excluding carboxylic acids is 1. The predicted octanol–water partition coefficient (Wildman–Crippen LogP) is 2.37. The second kappa shape index (κ2) is 8.76. The highest BCUT2D eigenvalue weighted by Crippen LogP contribution is 2.18. The Morgan fingerprint density at radius 1 is 1.27 bits per heavy atom. The summed E-state index contributed by atoms with van der Waals surface area (Å²) in [7, 11) is 0. The Bertz CT molecular complexity index is 444. The summed E-state index contributed by atoms with van der Waals surface area (Å²) in [6, 6.07) is 9.89. The molecule has 5 heteroatoms. The molecule has 1 unspecified atom stereocenters. The van der Waals surface area contributed by atoms with Gasteiger partial charge in [-0.2, -0.15) is 0 Å². The van der Waals surface area contributed by atoms with Gasteiger partial charge in [0, 0.05) is 19.2 Å². The van der Waals surface area contributed by atoms with E-state index in [0.29, 0.717) is 13.2 Å². The number of amides is 2. The Hall–Kier alpha value is -1.59. The van der Waals surface area contributed by atoms with Crippen molar-refractivity contribution in [1.29, 1.82) is 0 Å². The molecule has 2 rings (SSSR count). The number of hydrogen-bond donors (Lipinski definition) is 3. The van der Waals surface area contributed by atoms with Gasteiger partial charge in [0.25, 0.3) is 0 Å². The third-order valence-electron chi connectivity index (χ3n) is 4.02. The molecule has 1 aliphatic rings. The van der Waals surface area contributed by atoms with Crippen LogP contribution < -0.4 is 10.6 Å². The highest BCUT2D eigenvalue weighted by molar-refractivity contribution is 5.74. The van der Waals surface area contributed by atoms with Gasteiger partial charge < -0.3 is 20.5 Å². The normalized spacial score (nSPS) is 22.8. The first-order valence-corrected chi connectivity index (χ1v) is 8.08. The summed E-state index contributed by atoms with van der Waals surface area (Å²) in [5, 5.41) is 15.3. The molecular weight excluding hydrogens is 280 g/mol. The second-order valence-corrected chi connectivity index (χ2v) is 5.71. The van der Waals surface area contributed by atoms with Gasteiger partial charge in [0.1, 0.15) is 0 Å². The van der Waals surface area contributed by atoms with Crippen molar-refractivity contribution in [3.8, 4) is 0 Å². The van der Waals surface area contributed by atoms with E-state index >= 15 is 0 Å². The SMILES string of the molecule is CCOC(CNC(=O)NC1CCC(O)CC1)c1ccccc1. The smallest absolute Gasteiger partial charge is 0.315 e. The van der Waals surface area contributed by atoms with Crippen LogP contribution >= 0.6 is 0 Å². The molecule has 1 aromatic carbocycles. The van der Waals surface area contributed by atoms with E-state index in [-0.39, 0.29) is 24.3 Å². The summed E-state index contributed by atoms with van der Waals surface area (Å²) in [5.41, 5.74) is 1.06. The Labute approximate surface area is 132 Å². The van der Waals surface area contributed by atoms with Crippen molar-refractivity contribution >= 4 is 6.03 Å². The van der Waals surface area contributed by atoms with Crippen LogP contribution in [0.25, 0.3) is 0 Å². The van der Waals surface area contributed by atoms with Crippen LogP contribution in [-0.2, 0) is 4.74 Å². The van der Waals surface area contributed by atoms with Crippen LogP contribution in [0.2, 0.25) is 0 Å². The Morgan fingerprint density at radius 3 is 2.59 bits per heavy atom. The van der Waals surface area contributed by atoms with Gasteiger partial charge in [0.05, 0.1) is 12.2 Å². The average molecular weight is 306 g/mol. The molecule has 0 saturated heterocycles. The summed E-state index contributed by atoms with van der Waals surface area (Å²) in [6.07, 6.45) is 2.85. The third kappa shape index (κ3) is 5.31. The van der Waals surface area contributed by atoms with Crippen molar-refractivity contribution in [3.63, 3.8) is 0 Å². The number of urea groups is 1. The summed E-state index contributed by atoms with van der Waals surface area (Å²) in [6.45, 7) is 2.99. The summed E-state index contributed by atoms with van der Waals surface area (Å²) in [5.74, 6) is 0. The van der Waals surface area contributed by atoms with Crippen LogP contribution in [0.5, 0.6) is 0 Å². The lowest BCUT2D eigenvalue weighted by Gasteiger charge is -2.26. The lowest BCUT2D eigenvalue weighted by atomic mass is 9.93. The van der Waals surface area contributed by atoms with Crippen LogP contribution in [0.4, 0.5) is 4.79 Å². The van der Waals surface area contributed by atoms with E-state index in [1.54, 1.807) is 0 Å². The van der Waals surface area contributed by atoms with Gasteiger partial charge in [-0.15, -0.1) is 0 Å². The minimum atomic E-state index is -0.207. The van der Waals surface area contributed by atoms with Crippen LogP contribution in [0.15, 0.2) is 30.3 Å². The van der Waals surface area contributed by atoms with Crippen LogP contribution in [0.1, 0.15) is 44.3 Å². The van der Waals surface area contributed by atoms with Gasteiger partial charge in [0.2, 0.25) is 0 Å². The zero-order valence-corrected chi connectivity index (χ0v) is 13.1. The quantitative estimate of drug-likeness (QED) is 0.755. The third-order valence-corrected chi connectivity index (χ3v) is 4.02.